The molecule has 0 aliphatic carbocycles. The van der Waals surface area contributed by atoms with Crippen molar-refractivity contribution in [2.45, 2.75) is 0 Å². The number of nitrogens with zero attached hydrogens (tertiary/aromatic N) is 4. The van der Waals surface area contributed by atoms with Gasteiger partial charge in [-0.1, -0.05) is 48.5 Å². The number of benzene rings is 2. The first kappa shape index (κ1) is 16.3. The average molecular weight is 388 g/mol. The van der Waals surface area contributed by atoms with Crippen LogP contribution in [0.4, 0.5) is 0 Å². The topological polar surface area (TPSA) is 120 Å². The van der Waals surface area contributed by atoms with E-state index in [1.54, 1.807) is 5.38 Å². The molecule has 5 aromatic rings. The van der Waals surface area contributed by atoms with Crippen LogP contribution in [0, 0.1) is 0 Å². The number of fused-ring (bicyclic) bond motifs is 1. The molecule has 0 fully saturated rings. The first-order chi connectivity index (χ1) is 13.7. The molecule has 0 bridgehead atoms. The number of aromatic amines is 2. The van der Waals surface area contributed by atoms with E-state index in [-0.39, 0.29) is 4.88 Å². The van der Waals surface area contributed by atoms with Crippen LogP contribution in [-0.2, 0) is 0 Å². The molecule has 0 saturated heterocycles. The van der Waals surface area contributed by atoms with Gasteiger partial charge in [0, 0.05) is 16.5 Å². The predicted octanol–water partition coefficient (Wildman–Crippen LogP) is 3.84. The molecule has 3 aromatic heterocycles. The van der Waals surface area contributed by atoms with Gasteiger partial charge in [0.1, 0.15) is 16.2 Å². The Balaban J connectivity index is 1.53. The van der Waals surface area contributed by atoms with Gasteiger partial charge in [-0.25, -0.2) is 9.78 Å². The molecule has 5 rings (SSSR count). The number of carboxylic acids is 1. The summed E-state index contributed by atoms with van der Waals surface area (Å²) in [5.74, 6) is 0.205. The van der Waals surface area contributed by atoms with Crippen LogP contribution < -0.4 is 0 Å². The number of aromatic carboxylic acids is 1. The minimum Gasteiger partial charge on any atom is -0.477 e. The molecule has 9 heteroatoms. The molecular formula is C19H12N6O2S. The fourth-order valence-electron chi connectivity index (χ4n) is 3.12. The summed E-state index contributed by atoms with van der Waals surface area (Å²) < 4.78 is 0. The van der Waals surface area contributed by atoms with E-state index in [9.17, 15) is 9.90 Å². The zero-order valence-electron chi connectivity index (χ0n) is 14.2. The highest BCUT2D eigenvalue weighted by Crippen LogP contribution is 2.32. The summed E-state index contributed by atoms with van der Waals surface area (Å²) in [5.41, 5.74) is 4.96. The van der Waals surface area contributed by atoms with Crippen molar-refractivity contribution in [3.8, 4) is 33.9 Å². The molecule has 28 heavy (non-hydrogen) atoms. The molecule has 0 spiro atoms. The van der Waals surface area contributed by atoms with Crippen molar-refractivity contribution in [2.75, 3.05) is 0 Å². The van der Waals surface area contributed by atoms with Gasteiger partial charge < -0.3 is 10.1 Å². The van der Waals surface area contributed by atoms with Crippen molar-refractivity contribution in [1.29, 1.82) is 0 Å². The van der Waals surface area contributed by atoms with E-state index in [2.05, 4.69) is 30.6 Å². The Morgan fingerprint density at radius 1 is 1.00 bits per heavy atom. The van der Waals surface area contributed by atoms with Gasteiger partial charge >= 0.3 is 5.97 Å². The Morgan fingerprint density at radius 2 is 1.75 bits per heavy atom. The molecule has 136 valence electrons. The highest BCUT2D eigenvalue weighted by Gasteiger charge is 2.16. The Hall–Kier alpha value is -3.85. The third-order valence-electron chi connectivity index (χ3n) is 4.42. The van der Waals surface area contributed by atoms with Crippen molar-refractivity contribution in [2.24, 2.45) is 0 Å². The van der Waals surface area contributed by atoms with Crippen LogP contribution in [0.15, 0.2) is 53.9 Å². The van der Waals surface area contributed by atoms with E-state index in [1.165, 1.54) is 11.3 Å². The fourth-order valence-corrected chi connectivity index (χ4v) is 3.89. The van der Waals surface area contributed by atoms with Gasteiger partial charge in [-0.3, -0.25) is 0 Å². The van der Waals surface area contributed by atoms with Crippen LogP contribution in [0.1, 0.15) is 9.67 Å². The van der Waals surface area contributed by atoms with Gasteiger partial charge in [0.25, 0.3) is 0 Å². The van der Waals surface area contributed by atoms with E-state index < -0.39 is 5.97 Å². The number of rotatable bonds is 4. The maximum absolute atomic E-state index is 11.3. The lowest BCUT2D eigenvalue weighted by Gasteiger charge is -2.07. The van der Waals surface area contributed by atoms with E-state index >= 15 is 0 Å². The first-order valence-electron chi connectivity index (χ1n) is 8.35. The smallest absolute Gasteiger partial charge is 0.348 e. The molecule has 0 unspecified atom stereocenters. The van der Waals surface area contributed by atoms with Crippen molar-refractivity contribution in [3.63, 3.8) is 0 Å². The summed E-state index contributed by atoms with van der Waals surface area (Å²) in [5, 5.41) is 25.3. The molecule has 8 nitrogen and oxygen atoms in total. The Morgan fingerprint density at radius 3 is 2.46 bits per heavy atom. The third kappa shape index (κ3) is 2.65. The van der Waals surface area contributed by atoms with Crippen molar-refractivity contribution < 1.29 is 9.90 Å². The molecule has 3 N–H and O–H groups in total. The summed E-state index contributed by atoms with van der Waals surface area (Å²) in [6.45, 7) is 0. The summed E-state index contributed by atoms with van der Waals surface area (Å²) >= 11 is 1.17. The number of imidazole rings is 1. The number of nitrogens with one attached hydrogen (secondary N) is 2. The maximum atomic E-state index is 11.3. The molecule has 2 aromatic carbocycles. The van der Waals surface area contributed by atoms with Crippen LogP contribution in [0.3, 0.4) is 0 Å². The van der Waals surface area contributed by atoms with Crippen LogP contribution >= 0.6 is 11.3 Å². The van der Waals surface area contributed by atoms with E-state index in [4.69, 9.17) is 0 Å². The van der Waals surface area contributed by atoms with Crippen molar-refractivity contribution in [3.05, 3.63) is 58.8 Å². The van der Waals surface area contributed by atoms with Crippen LogP contribution in [0.5, 0.6) is 0 Å². The van der Waals surface area contributed by atoms with Crippen LogP contribution in [0.25, 0.3) is 44.9 Å². The predicted molar refractivity (Wildman–Crippen MR) is 105 cm³/mol. The summed E-state index contributed by atoms with van der Waals surface area (Å²) in [4.78, 5) is 19.2. The van der Waals surface area contributed by atoms with E-state index in [0.29, 0.717) is 17.2 Å². The zero-order chi connectivity index (χ0) is 19.1. The Kier molecular flexibility index (Phi) is 3.73. The quantitative estimate of drug-likeness (QED) is 0.430. The monoisotopic (exact) mass is 388 g/mol. The molecule has 0 amide bonds. The first-order valence-corrected chi connectivity index (χ1v) is 9.23. The minimum atomic E-state index is -0.966. The maximum Gasteiger partial charge on any atom is 0.348 e. The number of carboxylic acid groups (broad SMARTS) is 1. The lowest BCUT2D eigenvalue weighted by molar-refractivity contribution is 0.0704. The minimum absolute atomic E-state index is 0.239. The van der Waals surface area contributed by atoms with Crippen molar-refractivity contribution in [1.82, 2.24) is 30.6 Å². The number of tetrazole rings is 1. The van der Waals surface area contributed by atoms with Gasteiger partial charge in [0.05, 0.1) is 5.52 Å². The summed E-state index contributed by atoms with van der Waals surface area (Å²) in [6, 6.07) is 15.7. The molecule has 0 aliphatic rings. The highest BCUT2D eigenvalue weighted by atomic mass is 32.1. The van der Waals surface area contributed by atoms with E-state index in [0.717, 1.165) is 27.8 Å². The van der Waals surface area contributed by atoms with Gasteiger partial charge in [0.15, 0.2) is 0 Å². The highest BCUT2D eigenvalue weighted by molar-refractivity contribution is 7.13. The normalized spacial score (nSPS) is 11.1. The van der Waals surface area contributed by atoms with Gasteiger partial charge in [0.2, 0.25) is 5.82 Å². The van der Waals surface area contributed by atoms with E-state index in [1.807, 2.05) is 48.5 Å². The molecule has 3 heterocycles. The number of thiophene rings is 1. The number of carbonyl (C=O) groups is 1. The lowest BCUT2D eigenvalue weighted by Crippen LogP contribution is -1.92. The second kappa shape index (κ2) is 6.39. The van der Waals surface area contributed by atoms with Gasteiger partial charge in [-0.15, -0.1) is 21.5 Å². The Labute approximate surface area is 161 Å². The SMILES string of the molecule is O=C(O)c1scc2[nH]c(-c3ccc(-c4ccccc4-c4nn[nH]n4)cc3)nc12. The van der Waals surface area contributed by atoms with Crippen molar-refractivity contribution >= 4 is 28.3 Å². The van der Waals surface area contributed by atoms with Gasteiger partial charge in [-0.05, 0) is 16.3 Å². The molecule has 0 radical (unpaired) electrons. The molecule has 0 atom stereocenters. The lowest BCUT2D eigenvalue weighted by atomic mass is 9.98. The molecular weight excluding hydrogens is 376 g/mol. The second-order valence-electron chi connectivity index (χ2n) is 6.08. The number of H-pyrrole nitrogens is 2. The van der Waals surface area contributed by atoms with Crippen LogP contribution in [0.2, 0.25) is 0 Å². The number of aromatic nitrogens is 6. The average Bonchev–Trinajstić information content (AvgIpc) is 3.45. The Bertz CT molecular complexity index is 1290. The third-order valence-corrected chi connectivity index (χ3v) is 5.38. The van der Waals surface area contributed by atoms with Crippen LogP contribution in [-0.4, -0.2) is 41.7 Å². The number of hydrogen-bond donors (Lipinski definition) is 3. The van der Waals surface area contributed by atoms with Gasteiger partial charge in [-0.2, -0.15) is 5.21 Å². The summed E-state index contributed by atoms with van der Waals surface area (Å²) in [7, 11) is 0. The zero-order valence-corrected chi connectivity index (χ0v) is 15.1. The molecule has 0 aliphatic heterocycles. The summed E-state index contributed by atoms with van der Waals surface area (Å²) in [6.07, 6.45) is 0. The second-order valence-corrected chi connectivity index (χ2v) is 6.96. The fraction of sp³-hybridized carbons (Fsp3) is 0. The largest absolute Gasteiger partial charge is 0.477 e. The number of hydrogen-bond acceptors (Lipinski definition) is 6. The molecule has 0 saturated carbocycles. The standard InChI is InChI=1S/C19H12N6O2S/c26-19(27)16-15-14(9-28-16)20-17(21-15)11-7-5-10(6-8-11)12-3-1-2-4-13(12)18-22-24-25-23-18/h1-9H,(H,20,21)(H,26,27)(H,22,23,24,25).